The van der Waals surface area contributed by atoms with E-state index in [0.717, 1.165) is 0 Å². The molecule has 0 saturated carbocycles. The minimum atomic E-state index is -0.545. The molecule has 0 spiro atoms. The fourth-order valence-corrected chi connectivity index (χ4v) is 1.39. The molecule has 1 amide bonds. The molecule has 0 radical (unpaired) electrons. The molecule has 0 unspecified atom stereocenters. The van der Waals surface area contributed by atoms with Crippen LogP contribution in [0.25, 0.3) is 0 Å². The van der Waals surface area contributed by atoms with Gasteiger partial charge in [-0.1, -0.05) is 0 Å². The predicted octanol–water partition coefficient (Wildman–Crippen LogP) is 1.21. The fourth-order valence-electron chi connectivity index (χ4n) is 1.39. The molecule has 0 aromatic rings. The van der Waals surface area contributed by atoms with Crippen LogP contribution in [0.1, 0.15) is 27.7 Å². The maximum atomic E-state index is 11.8. The molecular weight excluding hydrogens is 210 g/mol. The van der Waals surface area contributed by atoms with E-state index in [9.17, 15) is 9.59 Å². The molecule has 1 heterocycles. The Bertz CT molecular complexity index is 282. The first-order chi connectivity index (χ1) is 7.28. The Morgan fingerprint density at radius 3 is 2.69 bits per heavy atom. The summed E-state index contributed by atoms with van der Waals surface area (Å²) in [7, 11) is 0. The molecule has 0 aliphatic carbocycles. The third-order valence-corrected chi connectivity index (χ3v) is 2.03. The molecule has 1 aliphatic rings. The standard InChI is InChI=1S/C11H19NO4/c1-8-5-12(6-9(13)7-15-8)10(14)16-11(2,3)4/h8H,5-7H2,1-4H3/t8-/m0/s1. The van der Waals surface area contributed by atoms with Crippen LogP contribution >= 0.6 is 0 Å². The Kier molecular flexibility index (Phi) is 3.91. The summed E-state index contributed by atoms with van der Waals surface area (Å²) in [4.78, 5) is 24.5. The van der Waals surface area contributed by atoms with E-state index in [1.54, 1.807) is 20.8 Å². The number of carbonyl (C=O) groups is 2. The number of hydrogen-bond donors (Lipinski definition) is 0. The van der Waals surface area contributed by atoms with Crippen molar-refractivity contribution in [1.29, 1.82) is 0 Å². The molecular formula is C11H19NO4. The van der Waals surface area contributed by atoms with Gasteiger partial charge in [0.25, 0.3) is 0 Å². The van der Waals surface area contributed by atoms with Gasteiger partial charge in [-0.05, 0) is 27.7 Å². The minimum absolute atomic E-state index is 0.0687. The number of hydrogen-bond acceptors (Lipinski definition) is 4. The van der Waals surface area contributed by atoms with Crippen LogP contribution in [0.5, 0.6) is 0 Å². The molecule has 5 heteroatoms. The van der Waals surface area contributed by atoms with Crippen molar-refractivity contribution < 1.29 is 19.1 Å². The summed E-state index contributed by atoms with van der Waals surface area (Å²) >= 11 is 0. The van der Waals surface area contributed by atoms with E-state index < -0.39 is 11.7 Å². The zero-order chi connectivity index (χ0) is 12.3. The van der Waals surface area contributed by atoms with Crippen molar-refractivity contribution in [2.24, 2.45) is 0 Å². The van der Waals surface area contributed by atoms with Gasteiger partial charge in [0.05, 0.1) is 19.2 Å². The van der Waals surface area contributed by atoms with Crippen LogP contribution in [0.3, 0.4) is 0 Å². The zero-order valence-electron chi connectivity index (χ0n) is 10.3. The van der Waals surface area contributed by atoms with E-state index in [-0.39, 0.29) is 25.0 Å². The van der Waals surface area contributed by atoms with Crippen molar-refractivity contribution in [2.75, 3.05) is 19.7 Å². The summed E-state index contributed by atoms with van der Waals surface area (Å²) < 4.78 is 10.4. The van der Waals surface area contributed by atoms with Crippen molar-refractivity contribution in [2.45, 2.75) is 39.4 Å². The lowest BCUT2D eigenvalue weighted by molar-refractivity contribution is -0.123. The van der Waals surface area contributed by atoms with Gasteiger partial charge in [-0.15, -0.1) is 0 Å². The Labute approximate surface area is 95.7 Å². The second kappa shape index (κ2) is 4.82. The molecule has 1 saturated heterocycles. The van der Waals surface area contributed by atoms with Crippen LogP contribution in [0.15, 0.2) is 0 Å². The molecule has 0 aromatic carbocycles. The topological polar surface area (TPSA) is 55.8 Å². The van der Waals surface area contributed by atoms with Crippen LogP contribution in [-0.4, -0.2) is 48.2 Å². The van der Waals surface area contributed by atoms with Crippen molar-refractivity contribution in [3.05, 3.63) is 0 Å². The summed E-state index contributed by atoms with van der Waals surface area (Å²) in [5, 5.41) is 0. The van der Waals surface area contributed by atoms with Gasteiger partial charge in [0.15, 0.2) is 5.78 Å². The Balaban J connectivity index is 2.63. The second-order valence-corrected chi connectivity index (χ2v) is 5.02. The SMILES string of the molecule is C[C@H]1CN(C(=O)OC(C)(C)C)CC(=O)CO1. The molecule has 0 N–H and O–H groups in total. The summed E-state index contributed by atoms with van der Waals surface area (Å²) in [6.45, 7) is 7.75. The largest absolute Gasteiger partial charge is 0.444 e. The quantitative estimate of drug-likeness (QED) is 0.626. The van der Waals surface area contributed by atoms with Gasteiger partial charge in [-0.3, -0.25) is 9.69 Å². The summed E-state index contributed by atoms with van der Waals surface area (Å²) in [5.41, 5.74) is -0.545. The first kappa shape index (κ1) is 13.0. The highest BCUT2D eigenvalue weighted by molar-refractivity contribution is 5.85. The number of Topliss-reactive ketones (excluding diaryl/α,β-unsaturated/α-hetero) is 1. The predicted molar refractivity (Wildman–Crippen MR) is 58.2 cm³/mol. The first-order valence-corrected chi connectivity index (χ1v) is 5.39. The van der Waals surface area contributed by atoms with Gasteiger partial charge in [0.1, 0.15) is 12.2 Å². The van der Waals surface area contributed by atoms with E-state index >= 15 is 0 Å². The molecule has 1 rings (SSSR count). The average Bonchev–Trinajstić information content (AvgIpc) is 2.25. The third kappa shape index (κ3) is 4.18. The van der Waals surface area contributed by atoms with Gasteiger partial charge < -0.3 is 9.47 Å². The van der Waals surface area contributed by atoms with E-state index in [1.807, 2.05) is 6.92 Å². The second-order valence-electron chi connectivity index (χ2n) is 5.02. The van der Waals surface area contributed by atoms with Gasteiger partial charge in [0.2, 0.25) is 0 Å². The summed E-state index contributed by atoms with van der Waals surface area (Å²) in [6.07, 6.45) is -0.600. The normalized spacial score (nSPS) is 22.9. The highest BCUT2D eigenvalue weighted by Crippen LogP contribution is 2.12. The smallest absolute Gasteiger partial charge is 0.410 e. The molecule has 5 nitrogen and oxygen atoms in total. The fraction of sp³-hybridized carbons (Fsp3) is 0.818. The molecule has 92 valence electrons. The van der Waals surface area contributed by atoms with E-state index in [2.05, 4.69) is 0 Å². The average molecular weight is 229 g/mol. The zero-order valence-corrected chi connectivity index (χ0v) is 10.3. The van der Waals surface area contributed by atoms with Crippen LogP contribution in [0, 0.1) is 0 Å². The van der Waals surface area contributed by atoms with Gasteiger partial charge >= 0.3 is 6.09 Å². The Hall–Kier alpha value is -1.10. The van der Waals surface area contributed by atoms with Gasteiger partial charge in [0, 0.05) is 0 Å². The number of nitrogens with zero attached hydrogens (tertiary/aromatic N) is 1. The van der Waals surface area contributed by atoms with Crippen LogP contribution < -0.4 is 0 Å². The maximum Gasteiger partial charge on any atom is 0.410 e. The van der Waals surface area contributed by atoms with Crippen molar-refractivity contribution in [3.8, 4) is 0 Å². The summed E-state index contributed by atoms with van der Waals surface area (Å²) in [5.74, 6) is -0.102. The van der Waals surface area contributed by atoms with Crippen LogP contribution in [-0.2, 0) is 14.3 Å². The lowest BCUT2D eigenvalue weighted by atomic mass is 10.2. The number of rotatable bonds is 0. The van der Waals surface area contributed by atoms with Crippen molar-refractivity contribution in [3.63, 3.8) is 0 Å². The van der Waals surface area contributed by atoms with E-state index in [4.69, 9.17) is 9.47 Å². The molecule has 0 bridgehead atoms. The molecule has 0 aromatic heterocycles. The number of carbonyl (C=O) groups excluding carboxylic acids is 2. The monoisotopic (exact) mass is 229 g/mol. The number of amides is 1. The highest BCUT2D eigenvalue weighted by Gasteiger charge is 2.27. The third-order valence-electron chi connectivity index (χ3n) is 2.03. The number of ketones is 1. The van der Waals surface area contributed by atoms with Gasteiger partial charge in [-0.25, -0.2) is 4.79 Å². The van der Waals surface area contributed by atoms with E-state index in [1.165, 1.54) is 4.90 Å². The first-order valence-electron chi connectivity index (χ1n) is 5.39. The Morgan fingerprint density at radius 1 is 1.50 bits per heavy atom. The minimum Gasteiger partial charge on any atom is -0.444 e. The molecule has 1 aliphatic heterocycles. The van der Waals surface area contributed by atoms with Crippen molar-refractivity contribution >= 4 is 11.9 Å². The maximum absolute atomic E-state index is 11.8. The van der Waals surface area contributed by atoms with Gasteiger partial charge in [-0.2, -0.15) is 0 Å². The van der Waals surface area contributed by atoms with Crippen LogP contribution in [0.4, 0.5) is 4.79 Å². The summed E-state index contributed by atoms with van der Waals surface area (Å²) in [6, 6.07) is 0. The lowest BCUT2D eigenvalue weighted by Crippen LogP contribution is -2.41. The highest BCUT2D eigenvalue weighted by atomic mass is 16.6. The molecule has 1 atom stereocenters. The van der Waals surface area contributed by atoms with E-state index in [0.29, 0.717) is 6.54 Å². The lowest BCUT2D eigenvalue weighted by Gasteiger charge is -2.26. The number of ether oxygens (including phenoxy) is 2. The van der Waals surface area contributed by atoms with Crippen LogP contribution in [0.2, 0.25) is 0 Å². The Morgan fingerprint density at radius 2 is 2.12 bits per heavy atom. The molecule has 16 heavy (non-hydrogen) atoms. The molecule has 1 fully saturated rings. The van der Waals surface area contributed by atoms with Crippen molar-refractivity contribution in [1.82, 2.24) is 4.90 Å².